The summed E-state index contributed by atoms with van der Waals surface area (Å²) in [6.45, 7) is 6.30. The van der Waals surface area contributed by atoms with Gasteiger partial charge >= 0.3 is 17.9 Å². The van der Waals surface area contributed by atoms with Crippen LogP contribution in [0.5, 0.6) is 0 Å². The van der Waals surface area contributed by atoms with Gasteiger partial charge in [-0.05, 0) is 116 Å². The molecule has 79 heavy (non-hydrogen) atoms. The van der Waals surface area contributed by atoms with Gasteiger partial charge in [-0.3, -0.25) is 14.4 Å². The summed E-state index contributed by atoms with van der Waals surface area (Å²) in [6, 6.07) is 0. The second kappa shape index (κ2) is 66.1. The smallest absolute Gasteiger partial charge is 0.306 e. The number of carbonyl (C=O) groups excluding carboxylic acids is 3. The maximum atomic E-state index is 12.8. The van der Waals surface area contributed by atoms with Crippen LogP contribution in [-0.4, -0.2) is 37.2 Å². The predicted octanol–water partition coefficient (Wildman–Crippen LogP) is 22.5. The highest BCUT2D eigenvalue weighted by atomic mass is 16.6. The Morgan fingerprint density at radius 1 is 0.266 bits per heavy atom. The van der Waals surface area contributed by atoms with Gasteiger partial charge in [-0.1, -0.05) is 289 Å². The summed E-state index contributed by atoms with van der Waals surface area (Å²) in [5, 5.41) is 0. The van der Waals surface area contributed by atoms with Crippen LogP contribution in [-0.2, 0) is 28.6 Å². The molecule has 0 aliphatic carbocycles. The molecule has 0 aliphatic heterocycles. The highest BCUT2D eigenvalue weighted by molar-refractivity contribution is 5.71. The van der Waals surface area contributed by atoms with Gasteiger partial charge in [0.15, 0.2) is 6.10 Å². The van der Waals surface area contributed by atoms with Crippen LogP contribution in [0.3, 0.4) is 0 Å². The van der Waals surface area contributed by atoms with Crippen LogP contribution in [0.15, 0.2) is 134 Å². The number of carbonyl (C=O) groups is 3. The van der Waals surface area contributed by atoms with E-state index in [0.717, 1.165) is 135 Å². The van der Waals surface area contributed by atoms with Gasteiger partial charge in [-0.25, -0.2) is 0 Å². The van der Waals surface area contributed by atoms with Gasteiger partial charge in [0, 0.05) is 19.3 Å². The monoisotopic (exact) mass is 1090 g/mol. The Morgan fingerprint density at radius 3 is 0.797 bits per heavy atom. The number of ether oxygens (including phenoxy) is 3. The van der Waals surface area contributed by atoms with Gasteiger partial charge in [0.2, 0.25) is 0 Å². The Morgan fingerprint density at radius 2 is 0.494 bits per heavy atom. The second-order valence-corrected chi connectivity index (χ2v) is 21.3. The average molecular weight is 1090 g/mol. The lowest BCUT2D eigenvalue weighted by atomic mass is 10.0. The Labute approximate surface area is 487 Å². The van der Waals surface area contributed by atoms with E-state index >= 15 is 0 Å². The van der Waals surface area contributed by atoms with Crippen LogP contribution < -0.4 is 0 Å². The number of esters is 3. The lowest BCUT2D eigenvalue weighted by Gasteiger charge is -2.18. The highest BCUT2D eigenvalue weighted by Crippen LogP contribution is 2.16. The number of rotatable bonds is 58. The molecule has 0 aromatic carbocycles. The molecule has 6 nitrogen and oxygen atoms in total. The van der Waals surface area contributed by atoms with Gasteiger partial charge in [-0.2, -0.15) is 0 Å². The lowest BCUT2D eigenvalue weighted by Crippen LogP contribution is -2.30. The molecule has 0 saturated carbocycles. The molecule has 448 valence electrons. The molecule has 1 atom stereocenters. The van der Waals surface area contributed by atoms with Gasteiger partial charge in [0.1, 0.15) is 13.2 Å². The first-order valence-electron chi connectivity index (χ1n) is 32.7. The van der Waals surface area contributed by atoms with Crippen molar-refractivity contribution in [2.24, 2.45) is 0 Å². The number of hydrogen-bond donors (Lipinski definition) is 0. The van der Waals surface area contributed by atoms with E-state index in [-0.39, 0.29) is 37.5 Å². The fourth-order valence-electron chi connectivity index (χ4n) is 8.83. The minimum Gasteiger partial charge on any atom is -0.462 e. The first-order chi connectivity index (χ1) is 39.0. The van der Waals surface area contributed by atoms with Crippen molar-refractivity contribution in [3.05, 3.63) is 134 Å². The van der Waals surface area contributed by atoms with Crippen LogP contribution in [0.1, 0.15) is 290 Å². The normalized spacial score (nSPS) is 13.0. The molecule has 0 N–H and O–H groups in total. The van der Waals surface area contributed by atoms with Crippen LogP contribution in [0.4, 0.5) is 0 Å². The Kier molecular flexibility index (Phi) is 62.3. The summed E-state index contributed by atoms with van der Waals surface area (Å²) in [7, 11) is 0. The van der Waals surface area contributed by atoms with Crippen molar-refractivity contribution in [3.63, 3.8) is 0 Å². The van der Waals surface area contributed by atoms with Gasteiger partial charge in [0.05, 0.1) is 0 Å². The molecule has 0 spiro atoms. The van der Waals surface area contributed by atoms with Gasteiger partial charge in [0.25, 0.3) is 0 Å². The average Bonchev–Trinajstić information content (AvgIpc) is 3.45. The van der Waals surface area contributed by atoms with Crippen molar-refractivity contribution < 1.29 is 28.6 Å². The zero-order chi connectivity index (χ0) is 57.1. The third-order valence-electron chi connectivity index (χ3n) is 13.7. The van der Waals surface area contributed by atoms with E-state index in [1.165, 1.54) is 109 Å². The Balaban J connectivity index is 4.01. The number of allylic oxidation sites excluding steroid dienone is 22. The summed E-state index contributed by atoms with van der Waals surface area (Å²) in [5.41, 5.74) is 0. The minimum atomic E-state index is -0.800. The van der Waals surface area contributed by atoms with E-state index in [4.69, 9.17) is 14.2 Å². The molecule has 6 heteroatoms. The third kappa shape index (κ3) is 64.3. The molecule has 0 saturated heterocycles. The van der Waals surface area contributed by atoms with Crippen molar-refractivity contribution in [1.82, 2.24) is 0 Å². The van der Waals surface area contributed by atoms with Gasteiger partial charge < -0.3 is 14.2 Å². The zero-order valence-corrected chi connectivity index (χ0v) is 51.3. The van der Waals surface area contributed by atoms with E-state index in [0.29, 0.717) is 19.3 Å². The maximum Gasteiger partial charge on any atom is 0.306 e. The molecule has 0 aromatic heterocycles. The molecule has 0 aromatic rings. The minimum absolute atomic E-state index is 0.0960. The molecular weight excluding hydrogens is 973 g/mol. The molecule has 1 unspecified atom stereocenters. The maximum absolute atomic E-state index is 12.8. The van der Waals surface area contributed by atoms with Crippen LogP contribution in [0.2, 0.25) is 0 Å². The van der Waals surface area contributed by atoms with E-state index in [1.54, 1.807) is 0 Å². The molecule has 0 radical (unpaired) electrons. The van der Waals surface area contributed by atoms with Crippen molar-refractivity contribution in [2.75, 3.05) is 13.2 Å². The standard InChI is InChI=1S/C73H120O6/c1-4-7-10-13-15-17-19-21-23-25-27-29-30-31-32-33-34-35-36-37-38-39-40-41-42-44-45-47-49-51-53-55-57-60-63-66-72(75)78-69-70(68-77-71(74)65-62-59-12-9-6-3)79-73(76)67-64-61-58-56-54-52-50-48-46-43-28-26-24-22-20-18-16-14-11-8-5-2/h7-8,10-11,15-18,21-24,27-29,31-32,43,48,50,54,56,70H,4-6,9,12-14,19-20,25-26,30,33-42,44-47,49,51-53,55,57-69H2,1-3H3/b10-7-,11-8-,17-15-,18-16-,23-21-,24-22-,29-27-,32-31-,43-28-,50-48-,56-54-. The highest BCUT2D eigenvalue weighted by Gasteiger charge is 2.19. The second-order valence-electron chi connectivity index (χ2n) is 21.3. The van der Waals surface area contributed by atoms with Crippen molar-refractivity contribution in [3.8, 4) is 0 Å². The van der Waals surface area contributed by atoms with Crippen LogP contribution >= 0.6 is 0 Å². The SMILES string of the molecule is CC/C=C\C/C=C\C/C=C\C/C=C\C/C=C\C/C=C\CCCCC(=O)OC(COC(=O)CCCCCCC)COC(=O)CCCCCCCCCCCCCCCCCCCCC/C=C\C/C=C\C/C=C\C/C=C\C/C=C\CC. The van der Waals surface area contributed by atoms with Gasteiger partial charge in [-0.15, -0.1) is 0 Å². The van der Waals surface area contributed by atoms with Crippen molar-refractivity contribution in [2.45, 2.75) is 297 Å². The largest absolute Gasteiger partial charge is 0.462 e. The Hall–Kier alpha value is -4.45. The topological polar surface area (TPSA) is 78.9 Å². The van der Waals surface area contributed by atoms with Crippen LogP contribution in [0, 0.1) is 0 Å². The Bertz CT molecular complexity index is 1680. The number of hydrogen-bond acceptors (Lipinski definition) is 6. The molecule has 0 bridgehead atoms. The van der Waals surface area contributed by atoms with E-state index in [2.05, 4.69) is 154 Å². The molecule has 0 heterocycles. The van der Waals surface area contributed by atoms with Crippen LogP contribution in [0.25, 0.3) is 0 Å². The summed E-state index contributed by atoms with van der Waals surface area (Å²) < 4.78 is 16.7. The fraction of sp³-hybridized carbons (Fsp3) is 0.658. The first kappa shape index (κ1) is 74.5. The van der Waals surface area contributed by atoms with E-state index in [9.17, 15) is 14.4 Å². The molecule has 0 amide bonds. The third-order valence-corrected chi connectivity index (χ3v) is 13.7. The quantitative estimate of drug-likeness (QED) is 0.0261. The molecule has 0 rings (SSSR count). The molecule has 0 aliphatic rings. The number of unbranched alkanes of at least 4 members (excludes halogenated alkanes) is 25. The zero-order valence-electron chi connectivity index (χ0n) is 51.3. The lowest BCUT2D eigenvalue weighted by molar-refractivity contribution is -0.167. The van der Waals surface area contributed by atoms with E-state index in [1.807, 2.05) is 0 Å². The summed E-state index contributed by atoms with van der Waals surface area (Å²) in [5.74, 6) is -0.951. The molecular formula is C73H120O6. The van der Waals surface area contributed by atoms with E-state index < -0.39 is 6.10 Å². The summed E-state index contributed by atoms with van der Waals surface area (Å²) in [4.78, 5) is 37.9. The molecule has 0 fully saturated rings. The van der Waals surface area contributed by atoms with Crippen molar-refractivity contribution >= 4 is 17.9 Å². The predicted molar refractivity (Wildman–Crippen MR) is 343 cm³/mol. The van der Waals surface area contributed by atoms with Crippen molar-refractivity contribution in [1.29, 1.82) is 0 Å². The summed E-state index contributed by atoms with van der Waals surface area (Å²) in [6.07, 6.45) is 93.9. The summed E-state index contributed by atoms with van der Waals surface area (Å²) >= 11 is 0. The first-order valence-corrected chi connectivity index (χ1v) is 32.7. The fourth-order valence-corrected chi connectivity index (χ4v) is 8.83.